The highest BCUT2D eigenvalue weighted by atomic mass is 32.2. The van der Waals surface area contributed by atoms with Crippen molar-refractivity contribution in [2.45, 2.75) is 84.2 Å². The number of ketones is 1. The van der Waals surface area contributed by atoms with Crippen LogP contribution >= 0.6 is 0 Å². The predicted octanol–water partition coefficient (Wildman–Crippen LogP) is 3.25. The number of esters is 1. The summed E-state index contributed by atoms with van der Waals surface area (Å²) >= 11 is 0. The van der Waals surface area contributed by atoms with E-state index >= 15 is 0 Å². The van der Waals surface area contributed by atoms with Crippen LogP contribution < -0.4 is 16.0 Å². The molecule has 0 spiro atoms. The van der Waals surface area contributed by atoms with Gasteiger partial charge in [0.1, 0.15) is 24.5 Å². The second kappa shape index (κ2) is 18.9. The highest BCUT2D eigenvalue weighted by Gasteiger charge is 2.36. The van der Waals surface area contributed by atoms with E-state index in [0.29, 0.717) is 12.8 Å². The summed E-state index contributed by atoms with van der Waals surface area (Å²) in [7, 11) is -2.40. The molecule has 0 heterocycles. The number of sulfone groups is 1. The molecule has 4 unspecified atom stereocenters. The van der Waals surface area contributed by atoms with Gasteiger partial charge in [-0.2, -0.15) is 0 Å². The molecule has 4 atom stereocenters. The van der Waals surface area contributed by atoms with Crippen LogP contribution in [-0.4, -0.2) is 81.3 Å². The highest BCUT2D eigenvalue weighted by molar-refractivity contribution is 7.93. The average Bonchev–Trinajstić information content (AvgIpc) is 3.50. The summed E-state index contributed by atoms with van der Waals surface area (Å²) in [4.78, 5) is 69.6. The topological polar surface area (TPSA) is 186 Å². The molecule has 0 saturated heterocycles. The third kappa shape index (κ3) is 13.4. The van der Waals surface area contributed by atoms with Crippen molar-refractivity contribution >= 4 is 45.2 Å². The van der Waals surface area contributed by atoms with E-state index in [1.165, 1.54) is 27.0 Å². The Kier molecular flexibility index (Phi) is 15.1. The summed E-state index contributed by atoms with van der Waals surface area (Å²) in [5, 5.41) is 9.15. The molecule has 14 heteroatoms. The molecule has 0 aliphatic heterocycles. The monoisotopic (exact) mass is 724 g/mol. The van der Waals surface area contributed by atoms with Gasteiger partial charge in [-0.15, -0.1) is 0 Å². The van der Waals surface area contributed by atoms with Gasteiger partial charge >= 0.3 is 12.1 Å². The molecule has 276 valence electrons. The van der Waals surface area contributed by atoms with Gasteiger partial charge in [-0.25, -0.2) is 13.2 Å². The third-order valence-corrected chi connectivity index (χ3v) is 8.94. The average molecular weight is 725 g/mol. The largest absolute Gasteiger partial charge is 0.469 e. The predicted molar refractivity (Wildman–Crippen MR) is 192 cm³/mol. The lowest BCUT2D eigenvalue weighted by atomic mass is 9.89. The van der Waals surface area contributed by atoms with Crippen LogP contribution in [0.2, 0.25) is 0 Å². The minimum atomic E-state index is -3.58. The van der Waals surface area contributed by atoms with Gasteiger partial charge in [0.2, 0.25) is 11.8 Å². The molecule has 3 N–H and O–H groups in total. The maximum Gasteiger partial charge on any atom is 0.408 e. The van der Waals surface area contributed by atoms with E-state index in [2.05, 4.69) is 16.0 Å². The minimum Gasteiger partial charge on any atom is -0.469 e. The van der Waals surface area contributed by atoms with Crippen molar-refractivity contribution in [1.29, 1.82) is 0 Å². The Morgan fingerprint density at radius 1 is 0.902 bits per heavy atom. The summed E-state index contributed by atoms with van der Waals surface area (Å²) in [6.45, 7) is 6.43. The van der Waals surface area contributed by atoms with E-state index in [0.717, 1.165) is 28.4 Å². The molecule has 2 aromatic rings. The number of Topliss-reactive ketones (excluding diaryl/α,β-unsaturated/α-hetero) is 1. The van der Waals surface area contributed by atoms with Gasteiger partial charge in [-0.3, -0.25) is 24.2 Å². The van der Waals surface area contributed by atoms with Crippen molar-refractivity contribution in [2.75, 3.05) is 13.4 Å². The number of ether oxygens (including phenoxy) is 2. The summed E-state index contributed by atoms with van der Waals surface area (Å²) < 4.78 is 33.6. The van der Waals surface area contributed by atoms with E-state index in [1.807, 2.05) is 42.5 Å². The number of hydrogen-bond donors (Lipinski definition) is 3. The maximum absolute atomic E-state index is 13.8. The Morgan fingerprint density at radius 3 is 2.06 bits per heavy atom. The molecule has 13 nitrogen and oxygen atoms in total. The smallest absolute Gasteiger partial charge is 0.408 e. The molecule has 1 aliphatic carbocycles. The van der Waals surface area contributed by atoms with Gasteiger partial charge in [-0.1, -0.05) is 74.5 Å². The number of benzene rings is 2. The Balaban J connectivity index is 1.93. The van der Waals surface area contributed by atoms with Crippen LogP contribution in [-0.2, 0) is 57.9 Å². The molecular weight excluding hydrogens is 676 g/mol. The number of nitrogens with one attached hydrogen (secondary N) is 3. The SMILES string of the molecule is COC(=O)CC(C=CS(C)(=O)=O)NC(=O)C(N=C(CC(C)=O)C(NC(=O)C(C)NC(=O)OCc1ccccc1)C1Cc2ccccc2C1)C(C)C. The lowest BCUT2D eigenvalue weighted by molar-refractivity contribution is -0.141. The molecule has 0 fully saturated rings. The quantitative estimate of drug-likeness (QED) is 0.163. The van der Waals surface area contributed by atoms with Crippen LogP contribution in [0, 0.1) is 11.8 Å². The zero-order chi connectivity index (χ0) is 37.7. The van der Waals surface area contributed by atoms with Crippen molar-refractivity contribution in [3.05, 3.63) is 82.8 Å². The second-order valence-electron chi connectivity index (χ2n) is 13.1. The molecule has 3 rings (SSSR count). The van der Waals surface area contributed by atoms with E-state index < -0.39 is 63.8 Å². The number of nitrogens with zero attached hydrogens (tertiary/aromatic N) is 1. The van der Waals surface area contributed by atoms with Gasteiger partial charge in [0.15, 0.2) is 9.84 Å². The number of carbonyl (C=O) groups excluding carboxylic acids is 5. The number of rotatable bonds is 17. The van der Waals surface area contributed by atoms with Crippen LogP contribution in [0.3, 0.4) is 0 Å². The molecule has 0 bridgehead atoms. The van der Waals surface area contributed by atoms with Gasteiger partial charge in [0.05, 0.1) is 25.6 Å². The fraction of sp³-hybridized carbons (Fsp3) is 0.459. The Hall–Kier alpha value is -4.85. The van der Waals surface area contributed by atoms with E-state index in [1.54, 1.807) is 26.0 Å². The van der Waals surface area contributed by atoms with Gasteiger partial charge < -0.3 is 25.4 Å². The van der Waals surface area contributed by atoms with Crippen LogP contribution in [0.1, 0.15) is 57.2 Å². The van der Waals surface area contributed by atoms with Gasteiger partial charge in [0, 0.05) is 23.8 Å². The summed E-state index contributed by atoms with van der Waals surface area (Å²) in [6, 6.07) is 13.0. The zero-order valence-corrected chi connectivity index (χ0v) is 30.7. The fourth-order valence-corrected chi connectivity index (χ4v) is 6.18. The molecule has 2 aromatic carbocycles. The molecule has 1 aliphatic rings. The highest BCUT2D eigenvalue weighted by Crippen LogP contribution is 2.30. The van der Waals surface area contributed by atoms with E-state index in [-0.39, 0.29) is 36.9 Å². The molecule has 0 saturated carbocycles. The first-order valence-electron chi connectivity index (χ1n) is 16.7. The molecule has 51 heavy (non-hydrogen) atoms. The van der Waals surface area contributed by atoms with Gasteiger partial charge in [-0.05, 0) is 55.2 Å². The number of hydrogen-bond acceptors (Lipinski definition) is 10. The molecule has 0 aromatic heterocycles. The number of amides is 3. The molecule has 0 radical (unpaired) electrons. The first-order valence-corrected chi connectivity index (χ1v) is 18.7. The number of aliphatic imine (C=N–C) groups is 1. The number of methoxy groups -OCH3 is 1. The zero-order valence-electron chi connectivity index (χ0n) is 29.9. The standard InChI is InChI=1S/C37H48N4O9S/c1-23(2)33(36(45)39-30(21-32(43)49-5)16-17-51(6,47)48)40-31(18-24(3)42)34(29-19-27-14-10-11-15-28(27)20-29)41-35(44)25(4)38-37(46)50-22-26-12-8-7-9-13-26/h7-17,23,25,29-30,33-34H,18-22H2,1-6H3,(H,38,46)(H,39,45)(H,41,44). The van der Waals surface area contributed by atoms with Crippen LogP contribution in [0.5, 0.6) is 0 Å². The molecule has 3 amide bonds. The van der Waals surface area contributed by atoms with E-state index in [4.69, 9.17) is 14.5 Å². The summed E-state index contributed by atoms with van der Waals surface area (Å²) in [6.07, 6.45) is 2.02. The Morgan fingerprint density at radius 2 is 1.51 bits per heavy atom. The molecular formula is C37H48N4O9S. The van der Waals surface area contributed by atoms with Crippen LogP contribution in [0.25, 0.3) is 0 Å². The lowest BCUT2D eigenvalue weighted by Gasteiger charge is -2.29. The fourth-order valence-electron chi connectivity index (χ4n) is 5.70. The van der Waals surface area contributed by atoms with Crippen LogP contribution in [0.15, 0.2) is 71.1 Å². The maximum atomic E-state index is 13.8. The first kappa shape index (κ1) is 40.6. The number of alkyl carbamates (subject to hydrolysis) is 1. The minimum absolute atomic E-state index is 0.0164. The van der Waals surface area contributed by atoms with Crippen molar-refractivity contribution in [3.8, 4) is 0 Å². The van der Waals surface area contributed by atoms with E-state index in [9.17, 15) is 32.4 Å². The lowest BCUT2D eigenvalue weighted by Crippen LogP contribution is -2.54. The van der Waals surface area contributed by atoms with Crippen molar-refractivity contribution in [3.63, 3.8) is 0 Å². The first-order chi connectivity index (χ1) is 24.1. The Labute approximate surface area is 299 Å². The van der Waals surface area contributed by atoms with Crippen molar-refractivity contribution in [2.24, 2.45) is 16.8 Å². The number of fused-ring (bicyclic) bond motifs is 1. The normalized spacial score (nSPS) is 15.7. The Bertz CT molecular complexity index is 1700. The van der Waals surface area contributed by atoms with Gasteiger partial charge in [0.25, 0.3) is 0 Å². The number of carbonyl (C=O) groups is 5. The van der Waals surface area contributed by atoms with Crippen molar-refractivity contribution < 1.29 is 41.9 Å². The van der Waals surface area contributed by atoms with Crippen molar-refractivity contribution in [1.82, 2.24) is 16.0 Å². The summed E-state index contributed by atoms with van der Waals surface area (Å²) in [5.41, 5.74) is 3.22. The third-order valence-electron chi connectivity index (χ3n) is 8.29. The van der Waals surface area contributed by atoms with Crippen LogP contribution in [0.4, 0.5) is 4.79 Å². The second-order valence-corrected chi connectivity index (χ2v) is 15.0. The summed E-state index contributed by atoms with van der Waals surface area (Å²) in [5.74, 6) is -2.73.